The van der Waals surface area contributed by atoms with Gasteiger partial charge in [0.25, 0.3) is 0 Å². The molecule has 1 aromatic rings. The van der Waals surface area contributed by atoms with Crippen LogP contribution in [-0.2, 0) is 6.54 Å². The third-order valence-electron chi connectivity index (χ3n) is 3.14. The van der Waals surface area contributed by atoms with Gasteiger partial charge in [0, 0.05) is 6.54 Å². The third-order valence-corrected chi connectivity index (χ3v) is 3.14. The van der Waals surface area contributed by atoms with Crippen LogP contribution in [0.5, 0.6) is 11.5 Å². The maximum Gasteiger partial charge on any atom is 0.161 e. The van der Waals surface area contributed by atoms with Crippen molar-refractivity contribution in [3.63, 3.8) is 0 Å². The van der Waals surface area contributed by atoms with Gasteiger partial charge in [-0.2, -0.15) is 0 Å². The van der Waals surface area contributed by atoms with Gasteiger partial charge in [-0.1, -0.05) is 33.8 Å². The highest BCUT2D eigenvalue weighted by molar-refractivity contribution is 5.43. The molecule has 0 spiro atoms. The lowest BCUT2D eigenvalue weighted by molar-refractivity contribution is 0.261. The first-order chi connectivity index (χ1) is 10.0. The van der Waals surface area contributed by atoms with E-state index in [9.17, 15) is 0 Å². The first-order valence-electron chi connectivity index (χ1n) is 8.12. The van der Waals surface area contributed by atoms with E-state index in [1.165, 1.54) is 5.56 Å². The van der Waals surface area contributed by atoms with E-state index in [2.05, 4.69) is 45.1 Å². The number of ether oxygens (including phenoxy) is 2. The summed E-state index contributed by atoms with van der Waals surface area (Å²) < 4.78 is 11.6. The van der Waals surface area contributed by atoms with Crippen molar-refractivity contribution in [1.82, 2.24) is 5.32 Å². The Labute approximate surface area is 130 Å². The minimum atomic E-state index is 0.653. The molecule has 0 heterocycles. The van der Waals surface area contributed by atoms with Gasteiger partial charge in [-0.15, -0.1) is 0 Å². The lowest BCUT2D eigenvalue weighted by Gasteiger charge is -2.15. The van der Waals surface area contributed by atoms with Crippen molar-refractivity contribution in [2.75, 3.05) is 19.8 Å². The molecule has 0 bridgehead atoms. The van der Waals surface area contributed by atoms with Gasteiger partial charge in [0.05, 0.1) is 13.2 Å². The summed E-state index contributed by atoms with van der Waals surface area (Å²) in [5.74, 6) is 3.02. The van der Waals surface area contributed by atoms with Crippen molar-refractivity contribution in [2.45, 2.75) is 47.6 Å². The van der Waals surface area contributed by atoms with Crippen LogP contribution in [0.25, 0.3) is 0 Å². The maximum absolute atomic E-state index is 5.85. The van der Waals surface area contributed by atoms with E-state index in [1.807, 2.05) is 13.0 Å². The molecule has 3 nitrogen and oxygen atoms in total. The zero-order chi connectivity index (χ0) is 15.7. The van der Waals surface area contributed by atoms with Gasteiger partial charge < -0.3 is 14.8 Å². The molecule has 0 aliphatic rings. The number of hydrogen-bond acceptors (Lipinski definition) is 3. The van der Waals surface area contributed by atoms with Gasteiger partial charge in [0.2, 0.25) is 0 Å². The second kappa shape index (κ2) is 9.67. The zero-order valence-electron chi connectivity index (χ0n) is 14.2. The largest absolute Gasteiger partial charge is 0.490 e. The van der Waals surface area contributed by atoms with Crippen LogP contribution in [0, 0.1) is 11.8 Å². The van der Waals surface area contributed by atoms with Gasteiger partial charge in [0.15, 0.2) is 11.5 Å². The van der Waals surface area contributed by atoms with Crippen molar-refractivity contribution in [1.29, 1.82) is 0 Å². The maximum atomic E-state index is 5.85. The molecule has 3 heteroatoms. The van der Waals surface area contributed by atoms with E-state index >= 15 is 0 Å². The van der Waals surface area contributed by atoms with Crippen LogP contribution in [0.4, 0.5) is 0 Å². The Bertz CT molecular complexity index is 402. The first kappa shape index (κ1) is 17.8. The van der Waals surface area contributed by atoms with Gasteiger partial charge >= 0.3 is 0 Å². The Morgan fingerprint density at radius 1 is 1.00 bits per heavy atom. The number of nitrogens with one attached hydrogen (secondary N) is 1. The second-order valence-corrected chi connectivity index (χ2v) is 6.27. The van der Waals surface area contributed by atoms with Crippen molar-refractivity contribution in [2.24, 2.45) is 11.8 Å². The average Bonchev–Trinajstić information content (AvgIpc) is 2.40. The van der Waals surface area contributed by atoms with Crippen LogP contribution >= 0.6 is 0 Å². The molecule has 0 atom stereocenters. The fourth-order valence-electron chi connectivity index (χ4n) is 1.96. The van der Waals surface area contributed by atoms with E-state index in [-0.39, 0.29) is 0 Å². The zero-order valence-corrected chi connectivity index (χ0v) is 14.2. The van der Waals surface area contributed by atoms with Gasteiger partial charge in [-0.05, 0) is 49.4 Å². The summed E-state index contributed by atoms with van der Waals surface area (Å²) in [4.78, 5) is 0. The quantitative estimate of drug-likeness (QED) is 0.699. The summed E-state index contributed by atoms with van der Waals surface area (Å²) in [6.45, 7) is 14.1. The molecule has 0 saturated heterocycles. The second-order valence-electron chi connectivity index (χ2n) is 6.27. The molecule has 0 amide bonds. The summed E-state index contributed by atoms with van der Waals surface area (Å²) in [5, 5.41) is 3.45. The highest BCUT2D eigenvalue weighted by atomic mass is 16.5. The number of benzene rings is 1. The Balaban J connectivity index is 2.62. The molecule has 0 unspecified atom stereocenters. The molecule has 0 aliphatic heterocycles. The van der Waals surface area contributed by atoms with E-state index in [4.69, 9.17) is 9.47 Å². The van der Waals surface area contributed by atoms with Crippen LogP contribution in [0.15, 0.2) is 18.2 Å². The van der Waals surface area contributed by atoms with Crippen LogP contribution in [0.2, 0.25) is 0 Å². The summed E-state index contributed by atoms with van der Waals surface area (Å²) >= 11 is 0. The molecular weight excluding hydrogens is 262 g/mol. The topological polar surface area (TPSA) is 30.5 Å². The molecule has 120 valence electrons. The molecule has 1 aromatic carbocycles. The summed E-state index contributed by atoms with van der Waals surface area (Å²) in [6, 6.07) is 6.22. The standard InChI is InChI=1S/C18H31NO2/c1-6-20-18-11-16(13-19-12-15(4)5)7-8-17(18)21-10-9-14(2)3/h7-8,11,14-15,19H,6,9-10,12-13H2,1-5H3. The van der Waals surface area contributed by atoms with Crippen LogP contribution in [0.1, 0.15) is 46.6 Å². The molecule has 0 saturated carbocycles. The van der Waals surface area contributed by atoms with Gasteiger partial charge in [-0.25, -0.2) is 0 Å². The third kappa shape index (κ3) is 7.37. The molecular formula is C18H31NO2. The van der Waals surface area contributed by atoms with E-state index in [1.54, 1.807) is 0 Å². The van der Waals surface area contributed by atoms with Crippen molar-refractivity contribution < 1.29 is 9.47 Å². The molecule has 0 aromatic heterocycles. The van der Waals surface area contributed by atoms with Gasteiger partial charge in [0.1, 0.15) is 0 Å². The minimum Gasteiger partial charge on any atom is -0.490 e. The SMILES string of the molecule is CCOc1cc(CNCC(C)C)ccc1OCCC(C)C. The Kier molecular flexibility index (Phi) is 8.21. The summed E-state index contributed by atoms with van der Waals surface area (Å²) in [7, 11) is 0. The van der Waals surface area contributed by atoms with Gasteiger partial charge in [-0.3, -0.25) is 0 Å². The highest BCUT2D eigenvalue weighted by Gasteiger charge is 2.07. The first-order valence-corrected chi connectivity index (χ1v) is 8.12. The average molecular weight is 293 g/mol. The van der Waals surface area contributed by atoms with Crippen LogP contribution < -0.4 is 14.8 Å². The minimum absolute atomic E-state index is 0.653. The van der Waals surface area contributed by atoms with Crippen molar-refractivity contribution in [3.8, 4) is 11.5 Å². The smallest absolute Gasteiger partial charge is 0.161 e. The molecule has 0 radical (unpaired) electrons. The molecule has 0 aliphatic carbocycles. The Morgan fingerprint density at radius 2 is 1.76 bits per heavy atom. The summed E-state index contributed by atoms with van der Waals surface area (Å²) in [5.41, 5.74) is 1.23. The monoisotopic (exact) mass is 293 g/mol. The lowest BCUT2D eigenvalue weighted by Crippen LogP contribution is -2.19. The van der Waals surface area contributed by atoms with Crippen LogP contribution in [-0.4, -0.2) is 19.8 Å². The normalized spacial score (nSPS) is 11.2. The predicted octanol–water partition coefficient (Wildman–Crippen LogP) is 4.26. The highest BCUT2D eigenvalue weighted by Crippen LogP contribution is 2.28. The molecule has 0 fully saturated rings. The molecule has 21 heavy (non-hydrogen) atoms. The predicted molar refractivity (Wildman–Crippen MR) is 89.1 cm³/mol. The number of hydrogen-bond donors (Lipinski definition) is 1. The summed E-state index contributed by atoms with van der Waals surface area (Å²) in [6.07, 6.45) is 1.06. The molecule has 1 rings (SSSR count). The van der Waals surface area contributed by atoms with Crippen LogP contribution in [0.3, 0.4) is 0 Å². The Hall–Kier alpha value is -1.22. The van der Waals surface area contributed by atoms with E-state index < -0.39 is 0 Å². The number of rotatable bonds is 10. The Morgan fingerprint density at radius 3 is 2.38 bits per heavy atom. The fourth-order valence-corrected chi connectivity index (χ4v) is 1.96. The fraction of sp³-hybridized carbons (Fsp3) is 0.667. The van der Waals surface area contributed by atoms with E-state index in [0.717, 1.165) is 37.6 Å². The van der Waals surface area contributed by atoms with Crippen molar-refractivity contribution in [3.05, 3.63) is 23.8 Å². The van der Waals surface area contributed by atoms with E-state index in [0.29, 0.717) is 18.4 Å². The van der Waals surface area contributed by atoms with Crippen molar-refractivity contribution >= 4 is 0 Å². The molecule has 1 N–H and O–H groups in total. The lowest BCUT2D eigenvalue weighted by atomic mass is 10.1.